The van der Waals surface area contributed by atoms with E-state index in [9.17, 15) is 4.79 Å². The molecule has 0 fully saturated rings. The van der Waals surface area contributed by atoms with E-state index in [0.717, 1.165) is 10.4 Å². The first-order chi connectivity index (χ1) is 8.16. The van der Waals surface area contributed by atoms with Gasteiger partial charge in [0.05, 0.1) is 6.04 Å². The lowest BCUT2D eigenvalue weighted by molar-refractivity contribution is -0.131. The zero-order valence-corrected chi connectivity index (χ0v) is 11.5. The third-order valence-corrected chi connectivity index (χ3v) is 3.28. The second-order valence-corrected chi connectivity index (χ2v) is 4.64. The maximum Gasteiger partial charge on any atom is 0.308 e. The molecule has 18 heavy (non-hydrogen) atoms. The molecule has 0 radical (unpaired) electrons. The average molecular weight is 284 g/mol. The van der Waals surface area contributed by atoms with Crippen molar-refractivity contribution in [2.45, 2.75) is 13.0 Å². The number of ether oxygens (including phenoxy) is 1. The summed E-state index contributed by atoms with van der Waals surface area (Å²) in [6.45, 7) is 1.38. The SMILES string of the molecule is CC(=O)Oc1cccc([C@@H](N)c2cccs2)c1.Cl. The van der Waals surface area contributed by atoms with Crippen molar-refractivity contribution in [3.63, 3.8) is 0 Å². The molecule has 5 heteroatoms. The van der Waals surface area contributed by atoms with Crippen LogP contribution in [0.4, 0.5) is 0 Å². The van der Waals surface area contributed by atoms with Crippen LogP contribution in [0.3, 0.4) is 0 Å². The molecule has 2 aromatic rings. The summed E-state index contributed by atoms with van der Waals surface area (Å²) in [4.78, 5) is 12.0. The van der Waals surface area contributed by atoms with Gasteiger partial charge < -0.3 is 10.5 Å². The summed E-state index contributed by atoms with van der Waals surface area (Å²) < 4.78 is 5.03. The highest BCUT2D eigenvalue weighted by Crippen LogP contribution is 2.26. The molecule has 0 aliphatic carbocycles. The van der Waals surface area contributed by atoms with Gasteiger partial charge in [0.25, 0.3) is 0 Å². The van der Waals surface area contributed by atoms with E-state index >= 15 is 0 Å². The fourth-order valence-corrected chi connectivity index (χ4v) is 2.32. The predicted octanol–water partition coefficient (Wildman–Crippen LogP) is 3.14. The van der Waals surface area contributed by atoms with Crippen LogP contribution in [0.15, 0.2) is 41.8 Å². The molecule has 1 heterocycles. The monoisotopic (exact) mass is 283 g/mol. The lowest BCUT2D eigenvalue weighted by Crippen LogP contribution is -2.10. The van der Waals surface area contributed by atoms with Crippen LogP contribution >= 0.6 is 23.7 Å². The van der Waals surface area contributed by atoms with Crippen molar-refractivity contribution in [2.24, 2.45) is 5.73 Å². The van der Waals surface area contributed by atoms with Crippen LogP contribution < -0.4 is 10.5 Å². The Labute approximate surface area is 116 Å². The largest absolute Gasteiger partial charge is 0.427 e. The van der Waals surface area contributed by atoms with Crippen LogP contribution in [0.5, 0.6) is 5.75 Å². The minimum atomic E-state index is -0.327. The number of carbonyl (C=O) groups is 1. The quantitative estimate of drug-likeness (QED) is 0.695. The van der Waals surface area contributed by atoms with E-state index in [2.05, 4.69) is 0 Å². The summed E-state index contributed by atoms with van der Waals surface area (Å²) in [6, 6.07) is 11.1. The van der Waals surface area contributed by atoms with Gasteiger partial charge in [0, 0.05) is 11.8 Å². The van der Waals surface area contributed by atoms with Gasteiger partial charge in [-0.15, -0.1) is 23.7 Å². The number of rotatable bonds is 3. The molecule has 0 aliphatic heterocycles. The van der Waals surface area contributed by atoms with Gasteiger partial charge in [-0.3, -0.25) is 4.79 Å². The van der Waals surface area contributed by atoms with Gasteiger partial charge in [-0.2, -0.15) is 0 Å². The molecule has 3 nitrogen and oxygen atoms in total. The third-order valence-electron chi connectivity index (χ3n) is 2.33. The van der Waals surface area contributed by atoms with E-state index in [-0.39, 0.29) is 24.4 Å². The maximum atomic E-state index is 10.9. The lowest BCUT2D eigenvalue weighted by atomic mass is 10.1. The number of thiophene rings is 1. The minimum absolute atomic E-state index is 0. The van der Waals surface area contributed by atoms with Crippen molar-refractivity contribution >= 4 is 29.7 Å². The number of hydrogen-bond acceptors (Lipinski definition) is 4. The number of esters is 1. The van der Waals surface area contributed by atoms with Crippen LogP contribution in [0.1, 0.15) is 23.4 Å². The standard InChI is InChI=1S/C13H13NO2S.ClH/c1-9(15)16-11-5-2-4-10(8-11)13(14)12-6-3-7-17-12;/h2-8,13H,14H2,1H3;1H/t13-;/m1./s1. The Kier molecular flexibility index (Phi) is 5.34. The average Bonchev–Trinajstić information content (AvgIpc) is 2.81. The second kappa shape index (κ2) is 6.54. The summed E-state index contributed by atoms with van der Waals surface area (Å²) in [5, 5.41) is 1.99. The van der Waals surface area contributed by atoms with Crippen molar-refractivity contribution in [3.05, 3.63) is 52.2 Å². The lowest BCUT2D eigenvalue weighted by Gasteiger charge is -2.11. The Morgan fingerprint density at radius 2 is 2.11 bits per heavy atom. The van der Waals surface area contributed by atoms with Gasteiger partial charge in [-0.05, 0) is 29.1 Å². The zero-order valence-electron chi connectivity index (χ0n) is 9.83. The Morgan fingerprint density at radius 1 is 1.33 bits per heavy atom. The smallest absolute Gasteiger partial charge is 0.308 e. The number of halogens is 1. The highest BCUT2D eigenvalue weighted by Gasteiger charge is 2.10. The predicted molar refractivity (Wildman–Crippen MR) is 75.3 cm³/mol. The first kappa shape index (κ1) is 14.7. The Morgan fingerprint density at radius 3 is 2.72 bits per heavy atom. The van der Waals surface area contributed by atoms with Gasteiger partial charge in [0.15, 0.2) is 0 Å². The van der Waals surface area contributed by atoms with Gasteiger partial charge in [0.1, 0.15) is 5.75 Å². The molecule has 1 aromatic carbocycles. The second-order valence-electron chi connectivity index (χ2n) is 3.66. The van der Waals surface area contributed by atoms with Crippen LogP contribution in [0, 0.1) is 0 Å². The Balaban J connectivity index is 0.00000162. The summed E-state index contributed by atoms with van der Waals surface area (Å²) in [6.07, 6.45) is 0. The topological polar surface area (TPSA) is 52.3 Å². The van der Waals surface area contributed by atoms with Crippen molar-refractivity contribution in [1.82, 2.24) is 0 Å². The molecule has 0 spiro atoms. The van der Waals surface area contributed by atoms with Gasteiger partial charge >= 0.3 is 5.97 Å². The number of benzene rings is 1. The van der Waals surface area contributed by atoms with Crippen molar-refractivity contribution in [1.29, 1.82) is 0 Å². The highest BCUT2D eigenvalue weighted by atomic mass is 35.5. The molecule has 2 rings (SSSR count). The van der Waals surface area contributed by atoms with Crippen LogP contribution in [0.2, 0.25) is 0 Å². The Hall–Kier alpha value is -1.36. The van der Waals surface area contributed by atoms with E-state index in [1.807, 2.05) is 29.6 Å². The summed E-state index contributed by atoms with van der Waals surface area (Å²) in [5.74, 6) is 0.203. The Bertz CT molecular complexity index is 513. The molecule has 0 unspecified atom stereocenters. The van der Waals surface area contributed by atoms with Crippen molar-refractivity contribution < 1.29 is 9.53 Å². The first-order valence-electron chi connectivity index (χ1n) is 5.24. The molecular formula is C13H14ClNO2S. The van der Waals surface area contributed by atoms with Crippen LogP contribution in [-0.2, 0) is 4.79 Å². The molecule has 96 valence electrons. The molecule has 0 aliphatic rings. The fraction of sp³-hybridized carbons (Fsp3) is 0.154. The minimum Gasteiger partial charge on any atom is -0.427 e. The highest BCUT2D eigenvalue weighted by molar-refractivity contribution is 7.10. The molecule has 0 amide bonds. The molecule has 2 N–H and O–H groups in total. The molecule has 0 bridgehead atoms. The van der Waals surface area contributed by atoms with E-state index in [1.54, 1.807) is 23.5 Å². The van der Waals surface area contributed by atoms with Crippen LogP contribution in [-0.4, -0.2) is 5.97 Å². The van der Waals surface area contributed by atoms with Crippen molar-refractivity contribution in [3.8, 4) is 5.75 Å². The summed E-state index contributed by atoms with van der Waals surface area (Å²) in [5.41, 5.74) is 7.07. The van der Waals surface area contributed by atoms with Gasteiger partial charge in [-0.1, -0.05) is 18.2 Å². The fourth-order valence-electron chi connectivity index (χ4n) is 1.57. The van der Waals surface area contributed by atoms with Gasteiger partial charge in [-0.25, -0.2) is 0 Å². The molecule has 1 atom stereocenters. The normalized spacial score (nSPS) is 11.4. The summed E-state index contributed by atoms with van der Waals surface area (Å²) in [7, 11) is 0. The summed E-state index contributed by atoms with van der Waals surface area (Å²) >= 11 is 1.61. The third kappa shape index (κ3) is 3.57. The maximum absolute atomic E-state index is 10.9. The molecular weight excluding hydrogens is 270 g/mol. The molecule has 0 saturated carbocycles. The number of nitrogens with two attached hydrogens (primary N) is 1. The zero-order chi connectivity index (χ0) is 12.3. The van der Waals surface area contributed by atoms with E-state index in [0.29, 0.717) is 5.75 Å². The van der Waals surface area contributed by atoms with E-state index < -0.39 is 0 Å². The number of hydrogen-bond donors (Lipinski definition) is 1. The van der Waals surface area contributed by atoms with E-state index in [4.69, 9.17) is 10.5 Å². The molecule has 1 aromatic heterocycles. The number of carbonyl (C=O) groups excluding carboxylic acids is 1. The van der Waals surface area contributed by atoms with E-state index in [1.165, 1.54) is 6.92 Å². The van der Waals surface area contributed by atoms with Crippen molar-refractivity contribution in [2.75, 3.05) is 0 Å². The first-order valence-corrected chi connectivity index (χ1v) is 6.12. The van der Waals surface area contributed by atoms with Gasteiger partial charge in [0.2, 0.25) is 0 Å². The molecule has 0 saturated heterocycles. The van der Waals surface area contributed by atoms with Crippen LogP contribution in [0.25, 0.3) is 0 Å².